The molecule has 1 amide bonds. The summed E-state index contributed by atoms with van der Waals surface area (Å²) >= 11 is 1.39. The number of amides is 1. The number of hydrogen-bond donors (Lipinski definition) is 2. The van der Waals surface area contributed by atoms with E-state index in [4.69, 9.17) is 5.73 Å². The van der Waals surface area contributed by atoms with Gasteiger partial charge in [0, 0.05) is 22.7 Å². The Morgan fingerprint density at radius 2 is 2.09 bits per heavy atom. The number of nitrogens with one attached hydrogen (secondary N) is 1. The minimum absolute atomic E-state index is 0. The van der Waals surface area contributed by atoms with E-state index in [-0.39, 0.29) is 30.2 Å². The van der Waals surface area contributed by atoms with Crippen molar-refractivity contribution >= 4 is 39.7 Å². The van der Waals surface area contributed by atoms with E-state index < -0.39 is 0 Å². The van der Waals surface area contributed by atoms with Gasteiger partial charge in [0.15, 0.2) is 0 Å². The number of benzene rings is 1. The van der Waals surface area contributed by atoms with Gasteiger partial charge in [-0.3, -0.25) is 4.79 Å². The molecule has 1 atom stereocenters. The third-order valence-corrected chi connectivity index (χ3v) is 5.30. The van der Waals surface area contributed by atoms with E-state index in [0.717, 1.165) is 12.8 Å². The van der Waals surface area contributed by atoms with Crippen LogP contribution in [0.4, 0.5) is 4.39 Å². The lowest BCUT2D eigenvalue weighted by atomic mass is 9.97. The molecule has 3 N–H and O–H groups in total. The molecule has 0 saturated heterocycles. The van der Waals surface area contributed by atoms with E-state index in [1.807, 2.05) is 5.38 Å². The van der Waals surface area contributed by atoms with E-state index >= 15 is 0 Å². The summed E-state index contributed by atoms with van der Waals surface area (Å²) in [4.78, 5) is 12.5. The van der Waals surface area contributed by atoms with Crippen molar-refractivity contribution < 1.29 is 9.18 Å². The minimum Gasteiger partial charge on any atom is -0.348 e. The standard InChI is InChI=1S/C16H19FN2OS.ClH/c17-13-6-5-12(15-11(13)7-8-21-15)16(20)19-14(9-18)10-3-1-2-4-10;/h5-8,10,14H,1-4,9,18H2,(H,19,20);1H/t14-;/m0./s1. The first-order valence-electron chi connectivity index (χ1n) is 7.37. The molecule has 0 spiro atoms. The fourth-order valence-electron chi connectivity index (χ4n) is 3.18. The zero-order chi connectivity index (χ0) is 14.8. The van der Waals surface area contributed by atoms with Crippen LogP contribution in [-0.4, -0.2) is 18.5 Å². The molecule has 0 aliphatic heterocycles. The highest BCUT2D eigenvalue weighted by atomic mass is 35.5. The molecule has 0 bridgehead atoms. The molecule has 120 valence electrons. The van der Waals surface area contributed by atoms with Gasteiger partial charge in [-0.1, -0.05) is 12.8 Å². The van der Waals surface area contributed by atoms with Crippen LogP contribution in [0.15, 0.2) is 23.6 Å². The minimum atomic E-state index is -0.283. The molecule has 2 aromatic rings. The average molecular weight is 343 g/mol. The summed E-state index contributed by atoms with van der Waals surface area (Å²) in [6, 6.07) is 4.65. The van der Waals surface area contributed by atoms with Gasteiger partial charge >= 0.3 is 0 Å². The first-order valence-corrected chi connectivity index (χ1v) is 8.25. The van der Waals surface area contributed by atoms with Crippen LogP contribution in [-0.2, 0) is 0 Å². The van der Waals surface area contributed by atoms with Crippen molar-refractivity contribution in [2.75, 3.05) is 6.54 Å². The van der Waals surface area contributed by atoms with Crippen molar-refractivity contribution in [2.45, 2.75) is 31.7 Å². The highest BCUT2D eigenvalue weighted by Gasteiger charge is 2.26. The number of carbonyl (C=O) groups excluding carboxylic acids is 1. The normalized spacial score (nSPS) is 16.5. The van der Waals surface area contributed by atoms with Gasteiger partial charge in [-0.15, -0.1) is 23.7 Å². The number of hydrogen-bond acceptors (Lipinski definition) is 3. The molecule has 3 rings (SSSR count). The summed E-state index contributed by atoms with van der Waals surface area (Å²) in [5.41, 5.74) is 6.36. The Morgan fingerprint density at radius 1 is 1.36 bits per heavy atom. The maximum absolute atomic E-state index is 13.7. The van der Waals surface area contributed by atoms with E-state index in [1.54, 1.807) is 12.1 Å². The molecule has 1 fully saturated rings. The summed E-state index contributed by atoms with van der Waals surface area (Å²) < 4.78 is 14.4. The highest BCUT2D eigenvalue weighted by molar-refractivity contribution is 7.17. The van der Waals surface area contributed by atoms with Crippen LogP contribution in [0.1, 0.15) is 36.0 Å². The van der Waals surface area contributed by atoms with Gasteiger partial charge in [0.05, 0.1) is 5.56 Å². The molecule has 1 aliphatic carbocycles. The fraction of sp³-hybridized carbons (Fsp3) is 0.438. The Morgan fingerprint density at radius 3 is 2.77 bits per heavy atom. The first-order chi connectivity index (χ1) is 10.2. The van der Waals surface area contributed by atoms with E-state index in [0.29, 0.717) is 28.1 Å². The number of rotatable bonds is 4. The van der Waals surface area contributed by atoms with Crippen LogP contribution in [0.3, 0.4) is 0 Å². The van der Waals surface area contributed by atoms with Crippen molar-refractivity contribution in [3.8, 4) is 0 Å². The largest absolute Gasteiger partial charge is 0.348 e. The molecule has 1 saturated carbocycles. The second-order valence-corrected chi connectivity index (χ2v) is 6.53. The zero-order valence-electron chi connectivity index (χ0n) is 12.2. The van der Waals surface area contributed by atoms with E-state index in [9.17, 15) is 9.18 Å². The van der Waals surface area contributed by atoms with Crippen molar-refractivity contribution in [3.63, 3.8) is 0 Å². The maximum Gasteiger partial charge on any atom is 0.253 e. The summed E-state index contributed by atoms with van der Waals surface area (Å²) in [5, 5.41) is 5.37. The number of halogens is 2. The lowest BCUT2D eigenvalue weighted by Gasteiger charge is -2.23. The Bertz CT molecular complexity index is 655. The molecule has 1 aromatic heterocycles. The van der Waals surface area contributed by atoms with Gasteiger partial charge in [0.2, 0.25) is 0 Å². The lowest BCUT2D eigenvalue weighted by molar-refractivity contribution is 0.0926. The summed E-state index contributed by atoms with van der Waals surface area (Å²) in [6.45, 7) is 0.450. The number of nitrogens with two attached hydrogens (primary N) is 1. The van der Waals surface area contributed by atoms with Crippen LogP contribution >= 0.6 is 23.7 Å². The van der Waals surface area contributed by atoms with Crippen molar-refractivity contribution in [1.82, 2.24) is 5.32 Å². The van der Waals surface area contributed by atoms with E-state index in [1.165, 1.54) is 30.2 Å². The van der Waals surface area contributed by atoms with Gasteiger partial charge in [-0.05, 0) is 42.3 Å². The van der Waals surface area contributed by atoms with Crippen LogP contribution in [0.2, 0.25) is 0 Å². The third-order valence-electron chi connectivity index (χ3n) is 4.35. The molecule has 1 aromatic carbocycles. The van der Waals surface area contributed by atoms with Crippen molar-refractivity contribution in [1.29, 1.82) is 0 Å². The second kappa shape index (κ2) is 7.40. The molecule has 0 unspecified atom stereocenters. The third kappa shape index (κ3) is 3.26. The predicted octanol–water partition coefficient (Wildman–Crippen LogP) is 3.71. The van der Waals surface area contributed by atoms with Gasteiger partial charge in [0.1, 0.15) is 5.82 Å². The monoisotopic (exact) mass is 342 g/mol. The Labute approximate surface area is 139 Å². The Hall–Kier alpha value is -1.17. The predicted molar refractivity (Wildman–Crippen MR) is 91.3 cm³/mol. The zero-order valence-corrected chi connectivity index (χ0v) is 13.8. The maximum atomic E-state index is 13.7. The first kappa shape index (κ1) is 17.2. The highest BCUT2D eigenvalue weighted by Crippen LogP contribution is 2.29. The number of carbonyl (C=O) groups is 1. The second-order valence-electron chi connectivity index (χ2n) is 5.62. The Kier molecular flexibility index (Phi) is 5.78. The van der Waals surface area contributed by atoms with Crippen LogP contribution in [0.25, 0.3) is 10.1 Å². The smallest absolute Gasteiger partial charge is 0.253 e. The molecule has 1 aliphatic rings. The van der Waals surface area contributed by atoms with Crippen molar-refractivity contribution in [2.24, 2.45) is 11.7 Å². The summed E-state index contributed by atoms with van der Waals surface area (Å²) in [7, 11) is 0. The molecule has 22 heavy (non-hydrogen) atoms. The fourth-order valence-corrected chi connectivity index (χ4v) is 4.10. The van der Waals surface area contributed by atoms with Gasteiger partial charge in [-0.2, -0.15) is 0 Å². The quantitative estimate of drug-likeness (QED) is 0.890. The summed E-state index contributed by atoms with van der Waals surface area (Å²) in [6.07, 6.45) is 4.67. The van der Waals surface area contributed by atoms with Gasteiger partial charge in [-0.25, -0.2) is 4.39 Å². The number of thiophene rings is 1. The van der Waals surface area contributed by atoms with Gasteiger partial charge in [0.25, 0.3) is 5.91 Å². The molecular weight excluding hydrogens is 323 g/mol. The summed E-state index contributed by atoms with van der Waals surface area (Å²) in [5.74, 6) is 0.0389. The number of fused-ring (bicyclic) bond motifs is 1. The van der Waals surface area contributed by atoms with Crippen LogP contribution < -0.4 is 11.1 Å². The topological polar surface area (TPSA) is 55.1 Å². The van der Waals surface area contributed by atoms with Crippen LogP contribution in [0, 0.1) is 11.7 Å². The Balaban J connectivity index is 0.00000176. The molecule has 3 nitrogen and oxygen atoms in total. The molecule has 1 heterocycles. The molecule has 0 radical (unpaired) electrons. The molecule has 6 heteroatoms. The van der Waals surface area contributed by atoms with Gasteiger partial charge < -0.3 is 11.1 Å². The molecular formula is C16H20ClFN2OS. The van der Waals surface area contributed by atoms with Crippen molar-refractivity contribution in [3.05, 3.63) is 35.0 Å². The van der Waals surface area contributed by atoms with E-state index in [2.05, 4.69) is 5.32 Å². The van der Waals surface area contributed by atoms with Crippen LogP contribution in [0.5, 0.6) is 0 Å². The lowest BCUT2D eigenvalue weighted by Crippen LogP contribution is -2.44. The average Bonchev–Trinajstić information content (AvgIpc) is 3.16. The SMILES string of the molecule is Cl.NC[C@H](NC(=O)c1ccc(F)c2ccsc12)C1CCCC1.